The number of aromatic nitrogens is 1. The average Bonchev–Trinajstić information content (AvgIpc) is 2.46. The van der Waals surface area contributed by atoms with Gasteiger partial charge in [0.2, 0.25) is 0 Å². The van der Waals surface area contributed by atoms with Gasteiger partial charge in [0.15, 0.2) is 0 Å². The van der Waals surface area contributed by atoms with Crippen molar-refractivity contribution in [2.45, 2.75) is 12.6 Å². The van der Waals surface area contributed by atoms with E-state index in [9.17, 15) is 4.79 Å². The number of rotatable bonds is 6. The van der Waals surface area contributed by atoms with E-state index in [4.69, 9.17) is 11.6 Å². The normalized spacial score (nSPS) is 12.3. The molecule has 3 nitrogen and oxygen atoms in total. The van der Waals surface area contributed by atoms with E-state index in [1.54, 1.807) is 22.9 Å². The van der Waals surface area contributed by atoms with Gasteiger partial charge in [-0.05, 0) is 11.6 Å². The molecule has 2 rings (SSSR count). The molecule has 0 fully saturated rings. The van der Waals surface area contributed by atoms with Crippen LogP contribution in [0.4, 0.5) is 0 Å². The maximum absolute atomic E-state index is 11.5. The number of pyridine rings is 1. The molecule has 0 aliphatic rings. The molecule has 0 saturated heterocycles. The molecule has 2 aromatic rings. The Kier molecular flexibility index (Phi) is 5.19. The Morgan fingerprint density at radius 3 is 2.53 bits per heavy atom. The highest BCUT2D eigenvalue weighted by atomic mass is 35.5. The largest absolute Gasteiger partial charge is 0.314 e. The molecule has 0 radical (unpaired) electrons. The molecule has 0 bridgehead atoms. The minimum absolute atomic E-state index is 0.0198. The summed E-state index contributed by atoms with van der Waals surface area (Å²) in [6, 6.07) is 15.4. The zero-order valence-corrected chi connectivity index (χ0v) is 11.4. The highest BCUT2D eigenvalue weighted by Gasteiger charge is 2.08. The van der Waals surface area contributed by atoms with Crippen LogP contribution in [0.1, 0.15) is 11.6 Å². The summed E-state index contributed by atoms with van der Waals surface area (Å²) in [5.74, 6) is 0.508. The van der Waals surface area contributed by atoms with Crippen LogP contribution in [-0.2, 0) is 6.54 Å². The Hall–Kier alpha value is -1.58. The van der Waals surface area contributed by atoms with E-state index in [1.165, 1.54) is 0 Å². The summed E-state index contributed by atoms with van der Waals surface area (Å²) in [6.07, 6.45) is 1.79. The third-order valence-electron chi connectivity index (χ3n) is 3.00. The van der Waals surface area contributed by atoms with Gasteiger partial charge >= 0.3 is 0 Å². The van der Waals surface area contributed by atoms with Crippen molar-refractivity contribution in [1.82, 2.24) is 9.88 Å². The second-order valence-electron chi connectivity index (χ2n) is 4.30. The van der Waals surface area contributed by atoms with Gasteiger partial charge in [0.1, 0.15) is 0 Å². The quantitative estimate of drug-likeness (QED) is 0.822. The van der Waals surface area contributed by atoms with Crippen molar-refractivity contribution in [3.8, 4) is 0 Å². The maximum Gasteiger partial charge on any atom is 0.250 e. The molecule has 0 amide bonds. The van der Waals surface area contributed by atoms with E-state index < -0.39 is 0 Å². The van der Waals surface area contributed by atoms with E-state index in [-0.39, 0.29) is 11.6 Å². The van der Waals surface area contributed by atoms with Crippen molar-refractivity contribution in [2.24, 2.45) is 0 Å². The van der Waals surface area contributed by atoms with Crippen LogP contribution >= 0.6 is 11.6 Å². The Balaban J connectivity index is 1.91. The number of nitrogens with zero attached hydrogens (tertiary/aromatic N) is 1. The summed E-state index contributed by atoms with van der Waals surface area (Å²) in [5.41, 5.74) is 1.18. The maximum atomic E-state index is 11.5. The number of halogens is 1. The van der Waals surface area contributed by atoms with Gasteiger partial charge in [-0.2, -0.15) is 0 Å². The molecule has 0 aliphatic carbocycles. The second kappa shape index (κ2) is 7.12. The lowest BCUT2D eigenvalue weighted by molar-refractivity contribution is 0.527. The lowest BCUT2D eigenvalue weighted by Crippen LogP contribution is -2.29. The first-order chi connectivity index (χ1) is 9.31. The van der Waals surface area contributed by atoms with Crippen LogP contribution in [0.5, 0.6) is 0 Å². The van der Waals surface area contributed by atoms with E-state index in [2.05, 4.69) is 17.4 Å². The van der Waals surface area contributed by atoms with E-state index in [0.29, 0.717) is 19.0 Å². The van der Waals surface area contributed by atoms with Gasteiger partial charge < -0.3 is 9.88 Å². The van der Waals surface area contributed by atoms with Gasteiger partial charge in [-0.15, -0.1) is 11.6 Å². The molecule has 1 unspecified atom stereocenters. The van der Waals surface area contributed by atoms with Gasteiger partial charge in [0.25, 0.3) is 5.56 Å². The predicted molar refractivity (Wildman–Crippen MR) is 78.6 cm³/mol. The Bertz CT molecular complexity index is 553. The topological polar surface area (TPSA) is 34.0 Å². The Labute approximate surface area is 117 Å². The molecule has 0 saturated carbocycles. The summed E-state index contributed by atoms with van der Waals surface area (Å²) in [4.78, 5) is 11.5. The molecular formula is C15H17ClN2O. The molecule has 1 aromatic carbocycles. The third kappa shape index (κ3) is 3.94. The van der Waals surface area contributed by atoms with Crippen LogP contribution < -0.4 is 10.9 Å². The molecule has 1 heterocycles. The molecule has 19 heavy (non-hydrogen) atoms. The molecule has 100 valence electrons. The summed E-state index contributed by atoms with van der Waals surface area (Å²) in [5, 5.41) is 3.37. The van der Waals surface area contributed by atoms with E-state index in [1.807, 2.05) is 24.3 Å². The van der Waals surface area contributed by atoms with Crippen molar-refractivity contribution in [3.63, 3.8) is 0 Å². The van der Waals surface area contributed by atoms with Crippen molar-refractivity contribution in [3.05, 3.63) is 70.6 Å². The molecule has 4 heteroatoms. The van der Waals surface area contributed by atoms with Crippen LogP contribution in [0.2, 0.25) is 0 Å². The molecular weight excluding hydrogens is 260 g/mol. The zero-order valence-electron chi connectivity index (χ0n) is 10.6. The van der Waals surface area contributed by atoms with E-state index in [0.717, 1.165) is 5.56 Å². The summed E-state index contributed by atoms with van der Waals surface area (Å²) in [7, 11) is 0. The third-order valence-corrected chi connectivity index (χ3v) is 3.31. The fourth-order valence-electron chi connectivity index (χ4n) is 1.95. The average molecular weight is 277 g/mol. The molecule has 1 aromatic heterocycles. The van der Waals surface area contributed by atoms with E-state index >= 15 is 0 Å². The Morgan fingerprint density at radius 2 is 1.84 bits per heavy atom. The minimum Gasteiger partial charge on any atom is -0.314 e. The number of hydrogen-bond acceptors (Lipinski definition) is 2. The van der Waals surface area contributed by atoms with Gasteiger partial charge in [0.05, 0.1) is 0 Å². The zero-order chi connectivity index (χ0) is 13.5. The SMILES string of the molecule is O=c1ccccn1CCNC(CCl)c1ccccc1. The van der Waals surface area contributed by atoms with Gasteiger partial charge in [-0.25, -0.2) is 0 Å². The highest BCUT2D eigenvalue weighted by molar-refractivity contribution is 6.18. The number of alkyl halides is 1. The van der Waals surface area contributed by atoms with Crippen molar-refractivity contribution < 1.29 is 0 Å². The van der Waals surface area contributed by atoms with Crippen LogP contribution in [-0.4, -0.2) is 17.0 Å². The Morgan fingerprint density at radius 1 is 1.11 bits per heavy atom. The van der Waals surface area contributed by atoms with Gasteiger partial charge in [-0.1, -0.05) is 36.4 Å². The molecule has 1 N–H and O–H groups in total. The number of hydrogen-bond donors (Lipinski definition) is 1. The van der Waals surface area contributed by atoms with Crippen LogP contribution in [0.15, 0.2) is 59.5 Å². The van der Waals surface area contributed by atoms with Gasteiger partial charge in [-0.3, -0.25) is 4.79 Å². The number of benzene rings is 1. The summed E-state index contributed by atoms with van der Waals surface area (Å²) < 4.78 is 1.68. The standard InChI is InChI=1S/C15H17ClN2O/c16-12-14(13-6-2-1-3-7-13)17-9-11-18-10-5-4-8-15(18)19/h1-8,10,14,17H,9,11-12H2. The van der Waals surface area contributed by atoms with Crippen molar-refractivity contribution >= 4 is 11.6 Å². The smallest absolute Gasteiger partial charge is 0.250 e. The minimum atomic E-state index is 0.0198. The second-order valence-corrected chi connectivity index (χ2v) is 4.61. The number of nitrogens with one attached hydrogen (secondary N) is 1. The monoisotopic (exact) mass is 276 g/mol. The van der Waals surface area contributed by atoms with Crippen molar-refractivity contribution in [2.75, 3.05) is 12.4 Å². The molecule has 0 aliphatic heterocycles. The summed E-state index contributed by atoms with van der Waals surface area (Å²) in [6.45, 7) is 1.34. The lowest BCUT2D eigenvalue weighted by Gasteiger charge is -2.16. The fourth-order valence-corrected chi connectivity index (χ4v) is 2.24. The highest BCUT2D eigenvalue weighted by Crippen LogP contribution is 2.13. The molecule has 0 spiro atoms. The van der Waals surface area contributed by atoms with Crippen LogP contribution in [0.3, 0.4) is 0 Å². The first kappa shape index (κ1) is 13.8. The first-order valence-corrected chi connectivity index (χ1v) is 6.84. The first-order valence-electron chi connectivity index (χ1n) is 6.31. The lowest BCUT2D eigenvalue weighted by atomic mass is 10.1. The van der Waals surface area contributed by atoms with Crippen molar-refractivity contribution in [1.29, 1.82) is 0 Å². The van der Waals surface area contributed by atoms with Gasteiger partial charge in [0, 0.05) is 37.3 Å². The van der Waals surface area contributed by atoms with Crippen LogP contribution in [0.25, 0.3) is 0 Å². The fraction of sp³-hybridized carbons (Fsp3) is 0.267. The summed E-state index contributed by atoms with van der Waals surface area (Å²) >= 11 is 5.98. The van der Waals surface area contributed by atoms with Crippen LogP contribution in [0, 0.1) is 0 Å². The molecule has 1 atom stereocenters. The predicted octanol–water partition coefficient (Wildman–Crippen LogP) is 2.42.